The van der Waals surface area contributed by atoms with Gasteiger partial charge in [-0.15, -0.1) is 0 Å². The van der Waals surface area contributed by atoms with Crippen LogP contribution in [0.1, 0.15) is 44.7 Å². The molecule has 0 aromatic heterocycles. The van der Waals surface area contributed by atoms with Gasteiger partial charge in [-0.05, 0) is 62.6 Å². The highest BCUT2D eigenvalue weighted by molar-refractivity contribution is 7.92. The first-order chi connectivity index (χ1) is 19.6. The number of hydrogen-bond donors (Lipinski definition) is 1. The van der Waals surface area contributed by atoms with Gasteiger partial charge < -0.3 is 15.0 Å². The molecule has 1 N–H and O–H groups in total. The van der Waals surface area contributed by atoms with Crippen LogP contribution in [-0.2, 0) is 32.6 Å². The van der Waals surface area contributed by atoms with Gasteiger partial charge in [0.15, 0.2) is 0 Å². The van der Waals surface area contributed by atoms with Crippen LogP contribution in [0.4, 0.5) is 5.69 Å². The molecule has 2 amide bonds. The lowest BCUT2D eigenvalue weighted by Gasteiger charge is -2.32. The summed E-state index contributed by atoms with van der Waals surface area (Å²) in [5.41, 5.74) is 2.35. The van der Waals surface area contributed by atoms with E-state index in [0.29, 0.717) is 24.5 Å². The van der Waals surface area contributed by atoms with Crippen LogP contribution < -0.4 is 14.4 Å². The highest BCUT2D eigenvalue weighted by Gasteiger charge is 2.30. The largest absolute Gasteiger partial charge is 0.494 e. The van der Waals surface area contributed by atoms with Crippen molar-refractivity contribution >= 4 is 27.5 Å². The monoisotopic (exact) mass is 579 g/mol. The number of hydrogen-bond acceptors (Lipinski definition) is 5. The van der Waals surface area contributed by atoms with Gasteiger partial charge in [-0.25, -0.2) is 8.42 Å². The predicted molar refractivity (Wildman–Crippen MR) is 163 cm³/mol. The summed E-state index contributed by atoms with van der Waals surface area (Å²) in [6.07, 6.45) is 1.88. The summed E-state index contributed by atoms with van der Waals surface area (Å²) in [5.74, 6) is 0.217. The topological polar surface area (TPSA) is 96.0 Å². The molecule has 0 saturated heterocycles. The van der Waals surface area contributed by atoms with Crippen LogP contribution in [-0.4, -0.2) is 56.6 Å². The molecule has 0 aliphatic carbocycles. The summed E-state index contributed by atoms with van der Waals surface area (Å²) >= 11 is 0. The standard InChI is InChI=1S/C32H41N3O5S/c1-5-40-29-20-18-28(19-21-29)35(41(4,38)39)22-12-17-31(36)34(24-27-15-10-7-11-16-27)30(32(37)33-25(2)3)23-26-13-8-6-9-14-26/h6-11,13-16,18-21,25,30H,5,12,17,22-24H2,1-4H3,(H,33,37)/t30-/m1/s1. The third kappa shape index (κ3) is 9.93. The molecular weight excluding hydrogens is 538 g/mol. The molecule has 0 fully saturated rings. The fourth-order valence-corrected chi connectivity index (χ4v) is 5.56. The number of rotatable bonds is 15. The molecule has 3 aromatic rings. The van der Waals surface area contributed by atoms with Crippen LogP contribution in [0.2, 0.25) is 0 Å². The van der Waals surface area contributed by atoms with E-state index in [0.717, 1.165) is 17.4 Å². The van der Waals surface area contributed by atoms with Crippen LogP contribution in [0.5, 0.6) is 5.75 Å². The van der Waals surface area contributed by atoms with Crippen LogP contribution in [0.3, 0.4) is 0 Å². The van der Waals surface area contributed by atoms with Crippen molar-refractivity contribution in [1.29, 1.82) is 0 Å². The first kappa shape index (κ1) is 31.7. The molecule has 0 bridgehead atoms. The number of amides is 2. The Balaban J connectivity index is 1.83. The summed E-state index contributed by atoms with van der Waals surface area (Å²) in [4.78, 5) is 28.9. The SMILES string of the molecule is CCOc1ccc(N(CCCC(=O)N(Cc2ccccc2)[C@H](Cc2ccccc2)C(=O)NC(C)C)S(C)(=O)=O)cc1. The van der Waals surface area contributed by atoms with Crippen molar-refractivity contribution in [2.45, 2.75) is 58.7 Å². The minimum atomic E-state index is -3.59. The van der Waals surface area contributed by atoms with Crippen LogP contribution in [0, 0.1) is 0 Å². The number of nitrogens with one attached hydrogen (secondary N) is 1. The molecule has 3 rings (SSSR count). The van der Waals surface area contributed by atoms with Crippen molar-refractivity contribution in [2.24, 2.45) is 0 Å². The zero-order valence-electron chi connectivity index (χ0n) is 24.3. The molecule has 1 atom stereocenters. The minimum Gasteiger partial charge on any atom is -0.494 e. The molecule has 0 spiro atoms. The number of sulfonamides is 1. The first-order valence-electron chi connectivity index (χ1n) is 14.0. The number of carbonyl (C=O) groups excluding carboxylic acids is 2. The number of carbonyl (C=O) groups is 2. The van der Waals surface area contributed by atoms with E-state index in [9.17, 15) is 18.0 Å². The van der Waals surface area contributed by atoms with Crippen LogP contribution >= 0.6 is 0 Å². The molecule has 0 aliphatic heterocycles. The maximum Gasteiger partial charge on any atom is 0.243 e. The Hall–Kier alpha value is -3.85. The van der Waals surface area contributed by atoms with Gasteiger partial charge in [0.1, 0.15) is 11.8 Å². The Labute approximate surface area is 244 Å². The summed E-state index contributed by atoms with van der Waals surface area (Å²) in [6, 6.07) is 25.2. The van der Waals surface area contributed by atoms with Crippen molar-refractivity contribution in [3.05, 3.63) is 96.1 Å². The van der Waals surface area contributed by atoms with Crippen molar-refractivity contribution in [3.8, 4) is 5.75 Å². The molecule has 41 heavy (non-hydrogen) atoms. The Morgan fingerprint density at radius 3 is 2.00 bits per heavy atom. The highest BCUT2D eigenvalue weighted by atomic mass is 32.2. The maximum absolute atomic E-state index is 13.8. The fraction of sp³-hybridized carbons (Fsp3) is 0.375. The second kappa shape index (κ2) is 15.2. The first-order valence-corrected chi connectivity index (χ1v) is 15.8. The summed E-state index contributed by atoms with van der Waals surface area (Å²) in [7, 11) is -3.59. The smallest absolute Gasteiger partial charge is 0.243 e. The van der Waals surface area contributed by atoms with E-state index in [-0.39, 0.29) is 43.8 Å². The Morgan fingerprint density at radius 1 is 0.878 bits per heavy atom. The third-order valence-corrected chi connectivity index (χ3v) is 7.68. The molecule has 3 aromatic carbocycles. The van der Waals surface area contributed by atoms with Crippen molar-refractivity contribution < 1.29 is 22.7 Å². The van der Waals surface area contributed by atoms with Gasteiger partial charge in [-0.2, -0.15) is 0 Å². The second-order valence-electron chi connectivity index (χ2n) is 10.2. The van der Waals surface area contributed by atoms with E-state index < -0.39 is 16.1 Å². The number of nitrogens with zero attached hydrogens (tertiary/aromatic N) is 2. The summed E-state index contributed by atoms with van der Waals surface area (Å²) < 4.78 is 32.1. The third-order valence-electron chi connectivity index (χ3n) is 6.49. The van der Waals surface area contributed by atoms with Gasteiger partial charge in [0.05, 0.1) is 18.6 Å². The van der Waals surface area contributed by atoms with Gasteiger partial charge in [0, 0.05) is 32.0 Å². The molecule has 0 heterocycles. The van der Waals surface area contributed by atoms with Gasteiger partial charge in [0.25, 0.3) is 0 Å². The molecule has 0 unspecified atom stereocenters. The summed E-state index contributed by atoms with van der Waals surface area (Å²) in [5, 5.41) is 2.98. The maximum atomic E-state index is 13.8. The second-order valence-corrected chi connectivity index (χ2v) is 12.1. The van der Waals surface area contributed by atoms with Gasteiger partial charge in [-0.1, -0.05) is 60.7 Å². The van der Waals surface area contributed by atoms with Crippen LogP contribution in [0.15, 0.2) is 84.9 Å². The van der Waals surface area contributed by atoms with E-state index in [1.54, 1.807) is 29.2 Å². The summed E-state index contributed by atoms with van der Waals surface area (Å²) in [6.45, 7) is 6.56. The molecule has 9 heteroatoms. The quantitative estimate of drug-likeness (QED) is 0.279. The molecular formula is C32H41N3O5S. The van der Waals surface area contributed by atoms with E-state index in [1.165, 1.54) is 4.31 Å². The van der Waals surface area contributed by atoms with Gasteiger partial charge >= 0.3 is 0 Å². The number of ether oxygens (including phenoxy) is 1. The van der Waals surface area contributed by atoms with Crippen molar-refractivity contribution in [3.63, 3.8) is 0 Å². The normalized spacial score (nSPS) is 12.0. The van der Waals surface area contributed by atoms with Crippen LogP contribution in [0.25, 0.3) is 0 Å². The highest BCUT2D eigenvalue weighted by Crippen LogP contribution is 2.23. The van der Waals surface area contributed by atoms with Gasteiger partial charge in [0.2, 0.25) is 21.8 Å². The molecule has 0 saturated carbocycles. The molecule has 8 nitrogen and oxygen atoms in total. The lowest BCUT2D eigenvalue weighted by Crippen LogP contribution is -2.51. The molecule has 220 valence electrons. The lowest BCUT2D eigenvalue weighted by atomic mass is 10.0. The van der Waals surface area contributed by atoms with Crippen molar-refractivity contribution in [1.82, 2.24) is 10.2 Å². The van der Waals surface area contributed by atoms with Crippen molar-refractivity contribution in [2.75, 3.05) is 23.7 Å². The lowest BCUT2D eigenvalue weighted by molar-refractivity contribution is -0.141. The Kier molecular flexibility index (Phi) is 11.8. The van der Waals surface area contributed by atoms with E-state index in [4.69, 9.17) is 4.74 Å². The Morgan fingerprint density at radius 2 is 1.46 bits per heavy atom. The molecule has 0 radical (unpaired) electrons. The van der Waals surface area contributed by atoms with E-state index >= 15 is 0 Å². The van der Waals surface area contributed by atoms with Gasteiger partial charge in [-0.3, -0.25) is 13.9 Å². The average molecular weight is 580 g/mol. The number of anilines is 1. The van der Waals surface area contributed by atoms with E-state index in [2.05, 4.69) is 5.32 Å². The number of benzene rings is 3. The zero-order valence-corrected chi connectivity index (χ0v) is 25.1. The Bertz CT molecular complexity index is 1350. The fourth-order valence-electron chi connectivity index (χ4n) is 4.59. The average Bonchev–Trinajstić information content (AvgIpc) is 2.94. The zero-order chi connectivity index (χ0) is 29.8. The predicted octanol–water partition coefficient (Wildman–Crippen LogP) is 4.80. The molecule has 0 aliphatic rings. The van der Waals surface area contributed by atoms with E-state index in [1.807, 2.05) is 81.4 Å². The minimum absolute atomic E-state index is 0.0795.